The fourth-order valence-electron chi connectivity index (χ4n) is 2.05. The van der Waals surface area contributed by atoms with E-state index in [9.17, 15) is 17.6 Å². The van der Waals surface area contributed by atoms with Crippen LogP contribution < -0.4 is 14.2 Å². The van der Waals surface area contributed by atoms with E-state index in [-0.39, 0.29) is 48.4 Å². The molecule has 0 heterocycles. The molecule has 0 aliphatic heterocycles. The maximum absolute atomic E-state index is 12.9. The predicted octanol–water partition coefficient (Wildman–Crippen LogP) is 0.687. The molecule has 0 atom stereocenters. The molecule has 2 aromatic carbocycles. The van der Waals surface area contributed by atoms with Crippen LogP contribution in [0.4, 0.5) is 4.39 Å². The summed E-state index contributed by atoms with van der Waals surface area (Å²) in [5.41, 5.74) is -0.0796. The molecule has 8 nitrogen and oxygen atoms in total. The number of hydrogen-bond acceptors (Lipinski definition) is 7. The number of hydrogen-bond donors (Lipinski definition) is 3. The lowest BCUT2D eigenvalue weighted by molar-refractivity contribution is 0.0980. The van der Waals surface area contributed by atoms with Gasteiger partial charge in [-0.05, 0) is 36.4 Å². The largest absolute Gasteiger partial charge is 0.491 e. The number of nitrogens with one attached hydrogen (secondary N) is 1. The fourth-order valence-corrected chi connectivity index (χ4v) is 3.02. The molecule has 2 aromatic rings. The Bertz CT molecular complexity index is 858. The quantitative estimate of drug-likeness (QED) is 0.567. The van der Waals surface area contributed by atoms with Gasteiger partial charge in [0.15, 0.2) is 0 Å². The lowest BCUT2D eigenvalue weighted by Gasteiger charge is -2.12. The van der Waals surface area contributed by atoms with Crippen molar-refractivity contribution in [3.05, 3.63) is 53.8 Å². The van der Waals surface area contributed by atoms with E-state index in [4.69, 9.17) is 19.7 Å². The van der Waals surface area contributed by atoms with Gasteiger partial charge in [0.05, 0.1) is 18.1 Å². The zero-order chi connectivity index (χ0) is 19.9. The Labute approximate surface area is 155 Å². The van der Waals surface area contributed by atoms with Crippen molar-refractivity contribution in [2.45, 2.75) is 4.90 Å². The zero-order valence-corrected chi connectivity index (χ0v) is 14.9. The van der Waals surface area contributed by atoms with E-state index >= 15 is 0 Å². The molecule has 3 N–H and O–H groups in total. The number of amides is 1. The van der Waals surface area contributed by atoms with Gasteiger partial charge in [-0.1, -0.05) is 0 Å². The Morgan fingerprint density at radius 1 is 0.963 bits per heavy atom. The molecular formula is C17H18FNO7S. The molecule has 1 amide bonds. The van der Waals surface area contributed by atoms with E-state index < -0.39 is 21.7 Å². The van der Waals surface area contributed by atoms with Crippen LogP contribution in [0.3, 0.4) is 0 Å². The van der Waals surface area contributed by atoms with Crippen LogP contribution in [0, 0.1) is 5.82 Å². The molecule has 0 bridgehead atoms. The second kappa shape index (κ2) is 9.31. The Balaban J connectivity index is 2.26. The molecule has 0 fully saturated rings. The first-order chi connectivity index (χ1) is 12.9. The van der Waals surface area contributed by atoms with Gasteiger partial charge >= 0.3 is 0 Å². The molecule has 10 heteroatoms. The van der Waals surface area contributed by atoms with Gasteiger partial charge in [0.2, 0.25) is 0 Å². The van der Waals surface area contributed by atoms with Crippen LogP contribution >= 0.6 is 0 Å². The van der Waals surface area contributed by atoms with E-state index in [1.807, 2.05) is 4.72 Å². The van der Waals surface area contributed by atoms with Gasteiger partial charge in [-0.25, -0.2) is 17.5 Å². The number of rotatable bonds is 9. The summed E-state index contributed by atoms with van der Waals surface area (Å²) in [7, 11) is -4.21. The lowest BCUT2D eigenvalue weighted by Crippen LogP contribution is -2.30. The summed E-state index contributed by atoms with van der Waals surface area (Å²) in [6.07, 6.45) is 0. The van der Waals surface area contributed by atoms with Gasteiger partial charge in [-0.2, -0.15) is 0 Å². The van der Waals surface area contributed by atoms with E-state index in [0.29, 0.717) is 0 Å². The molecule has 0 aliphatic rings. The highest BCUT2D eigenvalue weighted by atomic mass is 32.2. The van der Waals surface area contributed by atoms with Crippen molar-refractivity contribution in [1.29, 1.82) is 0 Å². The number of carbonyl (C=O) groups excluding carboxylic acids is 1. The van der Waals surface area contributed by atoms with Gasteiger partial charge < -0.3 is 19.7 Å². The Morgan fingerprint density at radius 2 is 1.48 bits per heavy atom. The van der Waals surface area contributed by atoms with Crippen molar-refractivity contribution < 1.29 is 37.3 Å². The van der Waals surface area contributed by atoms with Crippen LogP contribution in [-0.4, -0.2) is 51.0 Å². The molecule has 0 unspecified atom stereocenters. The molecule has 0 radical (unpaired) electrons. The number of halogens is 1. The highest BCUT2D eigenvalue weighted by Crippen LogP contribution is 2.23. The van der Waals surface area contributed by atoms with Gasteiger partial charge in [-0.3, -0.25) is 4.79 Å². The third kappa shape index (κ3) is 5.91. The smallest absolute Gasteiger partial charge is 0.265 e. The topological polar surface area (TPSA) is 122 Å². The van der Waals surface area contributed by atoms with Crippen LogP contribution in [0.2, 0.25) is 0 Å². The summed E-state index contributed by atoms with van der Waals surface area (Å²) in [6, 6.07) is 7.96. The van der Waals surface area contributed by atoms with Crippen molar-refractivity contribution in [3.63, 3.8) is 0 Å². The first-order valence-corrected chi connectivity index (χ1v) is 9.29. The third-order valence-corrected chi connectivity index (χ3v) is 4.56. The summed E-state index contributed by atoms with van der Waals surface area (Å²) in [6.45, 7) is -0.610. The lowest BCUT2D eigenvalue weighted by atomic mass is 10.2. The minimum absolute atomic E-state index is 0.0433. The van der Waals surface area contributed by atoms with Crippen LogP contribution in [0.5, 0.6) is 11.5 Å². The minimum Gasteiger partial charge on any atom is -0.491 e. The zero-order valence-electron chi connectivity index (χ0n) is 14.1. The average Bonchev–Trinajstić information content (AvgIpc) is 2.64. The van der Waals surface area contributed by atoms with Crippen molar-refractivity contribution >= 4 is 15.9 Å². The minimum atomic E-state index is -4.21. The summed E-state index contributed by atoms with van der Waals surface area (Å²) >= 11 is 0. The van der Waals surface area contributed by atoms with Crippen LogP contribution in [0.1, 0.15) is 10.4 Å². The van der Waals surface area contributed by atoms with Crippen molar-refractivity contribution in [2.75, 3.05) is 26.4 Å². The monoisotopic (exact) mass is 399 g/mol. The van der Waals surface area contributed by atoms with Gasteiger partial charge in [0.1, 0.15) is 30.5 Å². The summed E-state index contributed by atoms with van der Waals surface area (Å²) in [5, 5.41) is 17.7. The Kier molecular flexibility index (Phi) is 7.11. The molecule has 0 saturated heterocycles. The van der Waals surface area contributed by atoms with E-state index in [1.54, 1.807) is 0 Å². The van der Waals surface area contributed by atoms with Crippen molar-refractivity contribution in [2.24, 2.45) is 0 Å². The van der Waals surface area contributed by atoms with Crippen molar-refractivity contribution in [1.82, 2.24) is 4.72 Å². The van der Waals surface area contributed by atoms with Crippen molar-refractivity contribution in [3.8, 4) is 11.5 Å². The first kappa shape index (κ1) is 20.6. The number of aliphatic hydroxyl groups excluding tert-OH is 2. The van der Waals surface area contributed by atoms with Gasteiger partial charge in [-0.15, -0.1) is 0 Å². The SMILES string of the molecule is O=C(NS(=O)(=O)c1ccc(F)cc1)c1cc(OCCO)cc(OCCO)c1. The molecule has 2 rings (SSSR count). The second-order valence-electron chi connectivity index (χ2n) is 5.23. The van der Waals surface area contributed by atoms with E-state index in [0.717, 1.165) is 24.3 Å². The first-order valence-electron chi connectivity index (χ1n) is 7.81. The molecule has 0 saturated carbocycles. The summed E-state index contributed by atoms with van der Waals surface area (Å²) < 4.78 is 49.8. The molecule has 0 aliphatic carbocycles. The van der Waals surface area contributed by atoms with Crippen LogP contribution in [-0.2, 0) is 10.0 Å². The Morgan fingerprint density at radius 3 is 1.96 bits per heavy atom. The summed E-state index contributed by atoms with van der Waals surface area (Å²) in [4.78, 5) is 12.1. The molecular weight excluding hydrogens is 381 g/mol. The van der Waals surface area contributed by atoms with Crippen LogP contribution in [0.15, 0.2) is 47.4 Å². The van der Waals surface area contributed by atoms with Gasteiger partial charge in [0, 0.05) is 11.6 Å². The number of carbonyl (C=O) groups is 1. The highest BCUT2D eigenvalue weighted by Gasteiger charge is 2.20. The van der Waals surface area contributed by atoms with Gasteiger partial charge in [0.25, 0.3) is 15.9 Å². The maximum Gasteiger partial charge on any atom is 0.265 e. The number of benzene rings is 2. The second-order valence-corrected chi connectivity index (χ2v) is 6.91. The molecule has 27 heavy (non-hydrogen) atoms. The highest BCUT2D eigenvalue weighted by molar-refractivity contribution is 7.90. The molecule has 0 aromatic heterocycles. The number of sulfonamides is 1. The molecule has 146 valence electrons. The Hall–Kier alpha value is -2.69. The van der Waals surface area contributed by atoms with E-state index in [1.165, 1.54) is 18.2 Å². The normalized spacial score (nSPS) is 11.1. The van der Waals surface area contributed by atoms with E-state index in [2.05, 4.69) is 0 Å². The fraction of sp³-hybridized carbons (Fsp3) is 0.235. The summed E-state index contributed by atoms with van der Waals surface area (Å²) in [5.74, 6) is -1.23. The predicted molar refractivity (Wildman–Crippen MR) is 92.7 cm³/mol. The standard InChI is InChI=1S/C17H18FNO7S/c18-13-1-3-16(4-2-13)27(23,24)19-17(22)12-9-14(25-7-5-20)11-15(10-12)26-8-6-21/h1-4,9-11,20-21H,5-8H2,(H,19,22). The third-order valence-electron chi connectivity index (χ3n) is 3.21. The maximum atomic E-state index is 12.9. The number of aliphatic hydroxyl groups is 2. The average molecular weight is 399 g/mol. The number of ether oxygens (including phenoxy) is 2. The van der Waals surface area contributed by atoms with Crippen LogP contribution in [0.25, 0.3) is 0 Å². The molecule has 0 spiro atoms.